The van der Waals surface area contributed by atoms with Crippen molar-refractivity contribution < 1.29 is 14.3 Å². The van der Waals surface area contributed by atoms with Gasteiger partial charge in [0.1, 0.15) is 12.1 Å². The summed E-state index contributed by atoms with van der Waals surface area (Å²) in [6.45, 7) is 6.83. The summed E-state index contributed by atoms with van der Waals surface area (Å²) in [7, 11) is 1.64. The van der Waals surface area contributed by atoms with Crippen molar-refractivity contribution in [2.75, 3.05) is 20.3 Å². The van der Waals surface area contributed by atoms with Crippen LogP contribution in [0.5, 0.6) is 0 Å². The van der Waals surface area contributed by atoms with Crippen molar-refractivity contribution in [2.45, 2.75) is 39.3 Å². The summed E-state index contributed by atoms with van der Waals surface area (Å²) >= 11 is 0. The number of nitrogens with zero attached hydrogens (tertiary/aromatic N) is 1. The third-order valence-electron chi connectivity index (χ3n) is 3.11. The molecule has 1 saturated heterocycles. The van der Waals surface area contributed by atoms with Gasteiger partial charge in [-0.2, -0.15) is 0 Å². The first-order valence-electron chi connectivity index (χ1n) is 6.11. The topological polar surface area (TPSA) is 58.6 Å². The predicted octanol–water partition coefficient (Wildman–Crippen LogP) is 0.394. The van der Waals surface area contributed by atoms with Gasteiger partial charge in [-0.3, -0.25) is 9.59 Å². The fourth-order valence-electron chi connectivity index (χ4n) is 2.08. The van der Waals surface area contributed by atoms with Gasteiger partial charge in [0.2, 0.25) is 11.8 Å². The number of carbonyl (C=O) groups is 2. The Morgan fingerprint density at radius 2 is 2.12 bits per heavy atom. The van der Waals surface area contributed by atoms with Crippen molar-refractivity contribution in [1.29, 1.82) is 0 Å². The standard InChI is InChI=1S/C12H22N2O3/c1-5-10-12(16)14(6-8(2)7-17-4)9(3)11(15)13-10/h8-10H,5-7H2,1-4H3,(H,13,15). The van der Waals surface area contributed by atoms with Crippen molar-refractivity contribution in [3.63, 3.8) is 0 Å². The molecule has 0 saturated carbocycles. The fourth-order valence-corrected chi connectivity index (χ4v) is 2.08. The van der Waals surface area contributed by atoms with E-state index in [0.29, 0.717) is 19.6 Å². The Kier molecular flexibility index (Phi) is 4.93. The van der Waals surface area contributed by atoms with Gasteiger partial charge in [-0.25, -0.2) is 0 Å². The number of hydrogen-bond donors (Lipinski definition) is 1. The van der Waals surface area contributed by atoms with Crippen LogP contribution in [0.3, 0.4) is 0 Å². The van der Waals surface area contributed by atoms with Crippen molar-refractivity contribution in [3.8, 4) is 0 Å². The van der Waals surface area contributed by atoms with E-state index in [9.17, 15) is 9.59 Å². The van der Waals surface area contributed by atoms with Crippen LogP contribution in [0, 0.1) is 5.92 Å². The minimum absolute atomic E-state index is 0.0163. The minimum atomic E-state index is -0.385. The van der Waals surface area contributed by atoms with Gasteiger partial charge < -0.3 is 15.0 Å². The van der Waals surface area contributed by atoms with Crippen LogP contribution in [0.1, 0.15) is 27.2 Å². The molecule has 1 fully saturated rings. The molecule has 0 aromatic heterocycles. The number of amides is 2. The molecule has 1 rings (SSSR count). The molecule has 0 aromatic rings. The molecule has 98 valence electrons. The highest BCUT2D eigenvalue weighted by atomic mass is 16.5. The van der Waals surface area contributed by atoms with E-state index in [4.69, 9.17) is 4.74 Å². The third kappa shape index (κ3) is 3.19. The summed E-state index contributed by atoms with van der Waals surface area (Å²) in [5.74, 6) is 0.179. The van der Waals surface area contributed by atoms with Gasteiger partial charge in [-0.05, 0) is 19.3 Å². The van der Waals surface area contributed by atoms with Crippen LogP contribution >= 0.6 is 0 Å². The highest BCUT2D eigenvalue weighted by molar-refractivity contribution is 5.96. The SMILES string of the molecule is CCC1NC(=O)C(C)N(CC(C)COC)C1=O. The highest BCUT2D eigenvalue weighted by Crippen LogP contribution is 2.14. The summed E-state index contributed by atoms with van der Waals surface area (Å²) in [6.07, 6.45) is 0.631. The zero-order valence-electron chi connectivity index (χ0n) is 11.0. The monoisotopic (exact) mass is 242 g/mol. The molecular weight excluding hydrogens is 220 g/mol. The summed E-state index contributed by atoms with van der Waals surface area (Å²) in [5, 5.41) is 2.74. The molecule has 3 atom stereocenters. The second-order valence-electron chi connectivity index (χ2n) is 4.70. The zero-order valence-corrected chi connectivity index (χ0v) is 11.0. The van der Waals surface area contributed by atoms with Crippen LogP contribution in [-0.2, 0) is 14.3 Å². The second-order valence-corrected chi connectivity index (χ2v) is 4.70. The number of methoxy groups -OCH3 is 1. The van der Waals surface area contributed by atoms with Crippen molar-refractivity contribution in [2.24, 2.45) is 5.92 Å². The number of rotatable bonds is 5. The molecule has 1 N–H and O–H groups in total. The molecule has 0 radical (unpaired) electrons. The van der Waals surface area contributed by atoms with Gasteiger partial charge >= 0.3 is 0 Å². The maximum absolute atomic E-state index is 12.1. The summed E-state index contributed by atoms with van der Waals surface area (Å²) in [5.41, 5.74) is 0. The van der Waals surface area contributed by atoms with Gasteiger partial charge in [-0.1, -0.05) is 13.8 Å². The molecule has 1 heterocycles. The maximum Gasteiger partial charge on any atom is 0.245 e. The van der Waals surface area contributed by atoms with Gasteiger partial charge in [0.15, 0.2) is 0 Å². The Bertz CT molecular complexity index is 293. The first-order valence-corrected chi connectivity index (χ1v) is 6.11. The minimum Gasteiger partial charge on any atom is -0.384 e. The summed E-state index contributed by atoms with van der Waals surface area (Å²) in [6, 6.07) is -0.752. The zero-order chi connectivity index (χ0) is 13.0. The molecule has 0 bridgehead atoms. The molecule has 5 heteroatoms. The van der Waals surface area contributed by atoms with Gasteiger partial charge in [0, 0.05) is 13.7 Å². The average Bonchev–Trinajstić information content (AvgIpc) is 2.29. The lowest BCUT2D eigenvalue weighted by Gasteiger charge is -2.38. The maximum atomic E-state index is 12.1. The first-order chi connectivity index (χ1) is 8.01. The van der Waals surface area contributed by atoms with E-state index < -0.39 is 0 Å². The normalized spacial score (nSPS) is 26.9. The summed E-state index contributed by atoms with van der Waals surface area (Å²) < 4.78 is 5.06. The molecule has 0 aromatic carbocycles. The molecule has 5 nitrogen and oxygen atoms in total. The van der Waals surface area contributed by atoms with E-state index in [-0.39, 0.29) is 29.8 Å². The Morgan fingerprint density at radius 1 is 1.47 bits per heavy atom. The van der Waals surface area contributed by atoms with E-state index in [2.05, 4.69) is 5.32 Å². The molecule has 0 aliphatic carbocycles. The first kappa shape index (κ1) is 14.0. The van der Waals surface area contributed by atoms with Crippen molar-refractivity contribution >= 4 is 11.8 Å². The van der Waals surface area contributed by atoms with E-state index in [0.717, 1.165) is 0 Å². The van der Waals surface area contributed by atoms with E-state index in [1.165, 1.54) is 0 Å². The molecule has 1 aliphatic heterocycles. The molecule has 1 aliphatic rings. The predicted molar refractivity (Wildman–Crippen MR) is 64.4 cm³/mol. The lowest BCUT2D eigenvalue weighted by atomic mass is 10.0. The van der Waals surface area contributed by atoms with Crippen LogP contribution in [-0.4, -0.2) is 49.1 Å². The highest BCUT2D eigenvalue weighted by Gasteiger charge is 2.37. The van der Waals surface area contributed by atoms with E-state index in [1.807, 2.05) is 13.8 Å². The molecule has 17 heavy (non-hydrogen) atoms. The fraction of sp³-hybridized carbons (Fsp3) is 0.833. The molecule has 2 amide bonds. The van der Waals surface area contributed by atoms with Crippen LogP contribution in [0.2, 0.25) is 0 Å². The van der Waals surface area contributed by atoms with Gasteiger partial charge in [-0.15, -0.1) is 0 Å². The number of piperazine rings is 1. The van der Waals surface area contributed by atoms with Crippen molar-refractivity contribution in [1.82, 2.24) is 10.2 Å². The third-order valence-corrected chi connectivity index (χ3v) is 3.11. The Labute approximate surface area is 102 Å². The molecule has 0 spiro atoms. The molecular formula is C12H22N2O3. The van der Waals surface area contributed by atoms with Crippen LogP contribution in [0.25, 0.3) is 0 Å². The van der Waals surface area contributed by atoms with Crippen LogP contribution in [0.15, 0.2) is 0 Å². The average molecular weight is 242 g/mol. The Balaban J connectivity index is 2.71. The quantitative estimate of drug-likeness (QED) is 0.759. The van der Waals surface area contributed by atoms with Gasteiger partial charge in [0.25, 0.3) is 0 Å². The van der Waals surface area contributed by atoms with Gasteiger partial charge in [0.05, 0.1) is 6.61 Å². The lowest BCUT2D eigenvalue weighted by Crippen LogP contribution is -2.62. The van der Waals surface area contributed by atoms with Crippen molar-refractivity contribution in [3.05, 3.63) is 0 Å². The lowest BCUT2D eigenvalue weighted by molar-refractivity contribution is -0.149. The second kappa shape index (κ2) is 6.00. The van der Waals surface area contributed by atoms with Crippen LogP contribution in [0.4, 0.5) is 0 Å². The smallest absolute Gasteiger partial charge is 0.245 e. The number of nitrogens with one attached hydrogen (secondary N) is 1. The van der Waals surface area contributed by atoms with E-state index >= 15 is 0 Å². The largest absolute Gasteiger partial charge is 0.384 e. The summed E-state index contributed by atoms with van der Waals surface area (Å²) in [4.78, 5) is 25.5. The Hall–Kier alpha value is -1.10. The molecule has 3 unspecified atom stereocenters. The Morgan fingerprint density at radius 3 is 2.65 bits per heavy atom. The van der Waals surface area contributed by atoms with E-state index in [1.54, 1.807) is 18.9 Å². The number of carbonyl (C=O) groups excluding carboxylic acids is 2. The van der Waals surface area contributed by atoms with Crippen LogP contribution < -0.4 is 5.32 Å². The number of ether oxygens (including phenoxy) is 1. The number of hydrogen-bond acceptors (Lipinski definition) is 3.